The molecule has 1 N–H and O–H groups in total. The molecule has 0 aliphatic rings. The fraction of sp³-hybridized carbons (Fsp3) is 1.00. The molecule has 5 heteroatoms. The topological polar surface area (TPSA) is 29.5 Å². The van der Waals surface area contributed by atoms with Crippen LogP contribution in [0.4, 0.5) is 13.2 Å². The summed E-state index contributed by atoms with van der Waals surface area (Å²) in [5.41, 5.74) is 0. The zero-order chi connectivity index (χ0) is 12.6. The average molecular weight is 242 g/mol. The van der Waals surface area contributed by atoms with Crippen LogP contribution in [0.15, 0.2) is 0 Å². The second-order valence-electron chi connectivity index (χ2n) is 4.24. The first-order valence-corrected chi connectivity index (χ1v) is 5.67. The maximum Gasteiger partial charge on any atom is 0.411 e. The Balaban J connectivity index is 3.47. The number of alkyl halides is 3. The van der Waals surface area contributed by atoms with Crippen LogP contribution < -0.4 is 0 Å². The lowest BCUT2D eigenvalue weighted by atomic mass is 9.97. The van der Waals surface area contributed by atoms with E-state index in [4.69, 9.17) is 0 Å². The lowest BCUT2D eigenvalue weighted by Gasteiger charge is -2.16. The van der Waals surface area contributed by atoms with Crippen molar-refractivity contribution in [1.82, 2.24) is 0 Å². The van der Waals surface area contributed by atoms with E-state index in [0.29, 0.717) is 12.3 Å². The first kappa shape index (κ1) is 15.7. The fourth-order valence-electron chi connectivity index (χ4n) is 1.60. The van der Waals surface area contributed by atoms with Crippen LogP contribution >= 0.6 is 0 Å². The highest BCUT2D eigenvalue weighted by atomic mass is 19.4. The molecule has 0 spiro atoms. The van der Waals surface area contributed by atoms with Gasteiger partial charge in [-0.05, 0) is 18.8 Å². The molecule has 0 aliphatic carbocycles. The molecular formula is C11H21F3O2. The molecule has 0 aromatic rings. The summed E-state index contributed by atoms with van der Waals surface area (Å²) in [6, 6.07) is 0. The largest absolute Gasteiger partial charge is 0.411 e. The summed E-state index contributed by atoms with van der Waals surface area (Å²) in [6.45, 7) is 2.82. The predicted octanol–water partition coefficient (Wildman–Crippen LogP) is 3.14. The van der Waals surface area contributed by atoms with Crippen molar-refractivity contribution in [2.75, 3.05) is 13.2 Å². The Hall–Kier alpha value is -0.290. The van der Waals surface area contributed by atoms with Crippen LogP contribution in [0.1, 0.15) is 39.5 Å². The van der Waals surface area contributed by atoms with Crippen LogP contribution in [0.25, 0.3) is 0 Å². The highest BCUT2D eigenvalue weighted by Gasteiger charge is 2.27. The highest BCUT2D eigenvalue weighted by Crippen LogP contribution is 2.16. The van der Waals surface area contributed by atoms with E-state index in [1.165, 1.54) is 0 Å². The maximum absolute atomic E-state index is 11.7. The van der Waals surface area contributed by atoms with Crippen LogP contribution in [-0.4, -0.2) is 30.6 Å². The van der Waals surface area contributed by atoms with Crippen LogP contribution in [0.3, 0.4) is 0 Å². The quantitative estimate of drug-likeness (QED) is 0.662. The predicted molar refractivity (Wildman–Crippen MR) is 56.2 cm³/mol. The summed E-state index contributed by atoms with van der Waals surface area (Å²) < 4.78 is 39.5. The van der Waals surface area contributed by atoms with E-state index in [1.54, 1.807) is 0 Å². The zero-order valence-corrected chi connectivity index (χ0v) is 9.89. The second-order valence-corrected chi connectivity index (χ2v) is 4.24. The molecular weight excluding hydrogens is 221 g/mol. The van der Waals surface area contributed by atoms with Crippen molar-refractivity contribution in [3.8, 4) is 0 Å². The second kappa shape index (κ2) is 7.90. The van der Waals surface area contributed by atoms with Gasteiger partial charge in [-0.3, -0.25) is 0 Å². The van der Waals surface area contributed by atoms with Crippen molar-refractivity contribution in [2.24, 2.45) is 5.92 Å². The highest BCUT2D eigenvalue weighted by molar-refractivity contribution is 4.61. The van der Waals surface area contributed by atoms with Crippen molar-refractivity contribution in [3.63, 3.8) is 0 Å². The van der Waals surface area contributed by atoms with Crippen molar-refractivity contribution >= 4 is 0 Å². The van der Waals surface area contributed by atoms with Crippen LogP contribution in [-0.2, 0) is 4.74 Å². The van der Waals surface area contributed by atoms with Crippen molar-refractivity contribution in [1.29, 1.82) is 0 Å². The van der Waals surface area contributed by atoms with Gasteiger partial charge in [0.25, 0.3) is 0 Å². The van der Waals surface area contributed by atoms with Crippen LogP contribution in [0.2, 0.25) is 0 Å². The van der Waals surface area contributed by atoms with Gasteiger partial charge in [0, 0.05) is 6.61 Å². The number of hydrogen-bond donors (Lipinski definition) is 1. The molecule has 0 aliphatic heterocycles. The van der Waals surface area contributed by atoms with E-state index < -0.39 is 18.9 Å². The fourth-order valence-corrected chi connectivity index (χ4v) is 1.60. The molecule has 16 heavy (non-hydrogen) atoms. The monoisotopic (exact) mass is 242 g/mol. The minimum Gasteiger partial charge on any atom is -0.393 e. The van der Waals surface area contributed by atoms with Gasteiger partial charge in [0.2, 0.25) is 0 Å². The number of hydrogen-bond acceptors (Lipinski definition) is 2. The molecule has 0 heterocycles. The molecule has 0 aromatic carbocycles. The lowest BCUT2D eigenvalue weighted by molar-refractivity contribution is -0.175. The van der Waals surface area contributed by atoms with Gasteiger partial charge in [-0.25, -0.2) is 0 Å². The van der Waals surface area contributed by atoms with E-state index in [-0.39, 0.29) is 13.0 Å². The molecule has 0 saturated heterocycles. The van der Waals surface area contributed by atoms with Gasteiger partial charge < -0.3 is 9.84 Å². The first-order chi connectivity index (χ1) is 7.35. The number of ether oxygens (including phenoxy) is 1. The Labute approximate surface area is 94.8 Å². The van der Waals surface area contributed by atoms with Crippen LogP contribution in [0, 0.1) is 5.92 Å². The molecule has 0 radical (unpaired) electrons. The normalized spacial score (nSPS) is 16.1. The van der Waals surface area contributed by atoms with Crippen molar-refractivity contribution < 1.29 is 23.0 Å². The van der Waals surface area contributed by atoms with Crippen molar-refractivity contribution in [3.05, 3.63) is 0 Å². The lowest BCUT2D eigenvalue weighted by Crippen LogP contribution is -2.20. The molecule has 2 atom stereocenters. The SMILES string of the molecule is CCCC(C)CC(O)CCOCC(F)(F)F. The summed E-state index contributed by atoms with van der Waals surface area (Å²) in [5.74, 6) is 0.405. The summed E-state index contributed by atoms with van der Waals surface area (Å²) in [4.78, 5) is 0. The third-order valence-corrected chi connectivity index (χ3v) is 2.32. The van der Waals surface area contributed by atoms with E-state index in [0.717, 1.165) is 12.8 Å². The molecule has 0 aromatic heterocycles. The first-order valence-electron chi connectivity index (χ1n) is 5.67. The summed E-state index contributed by atoms with van der Waals surface area (Å²) in [6.07, 6.45) is -1.86. The van der Waals surface area contributed by atoms with Gasteiger partial charge in [0.1, 0.15) is 6.61 Å². The summed E-state index contributed by atoms with van der Waals surface area (Å²) in [5, 5.41) is 9.51. The maximum atomic E-state index is 11.7. The van der Waals surface area contributed by atoms with Gasteiger partial charge in [-0.2, -0.15) is 13.2 Å². The molecule has 98 valence electrons. The Kier molecular flexibility index (Phi) is 7.76. The summed E-state index contributed by atoms with van der Waals surface area (Å²) >= 11 is 0. The van der Waals surface area contributed by atoms with Gasteiger partial charge in [-0.15, -0.1) is 0 Å². The van der Waals surface area contributed by atoms with Gasteiger partial charge in [-0.1, -0.05) is 26.7 Å². The van der Waals surface area contributed by atoms with E-state index in [1.807, 2.05) is 6.92 Å². The van der Waals surface area contributed by atoms with Gasteiger partial charge in [0.05, 0.1) is 6.10 Å². The molecule has 0 saturated carbocycles. The van der Waals surface area contributed by atoms with E-state index in [9.17, 15) is 18.3 Å². The van der Waals surface area contributed by atoms with Crippen LogP contribution in [0.5, 0.6) is 0 Å². The third kappa shape index (κ3) is 10.2. The average Bonchev–Trinajstić information content (AvgIpc) is 2.11. The molecule has 2 nitrogen and oxygen atoms in total. The van der Waals surface area contributed by atoms with Gasteiger partial charge >= 0.3 is 6.18 Å². The zero-order valence-electron chi connectivity index (χ0n) is 9.89. The Morgan fingerprint density at radius 3 is 2.38 bits per heavy atom. The van der Waals surface area contributed by atoms with Gasteiger partial charge in [0.15, 0.2) is 0 Å². The van der Waals surface area contributed by atoms with E-state index >= 15 is 0 Å². The summed E-state index contributed by atoms with van der Waals surface area (Å²) in [7, 11) is 0. The number of halogens is 3. The number of aliphatic hydroxyl groups is 1. The molecule has 0 amide bonds. The van der Waals surface area contributed by atoms with Crippen molar-refractivity contribution in [2.45, 2.75) is 51.8 Å². The smallest absolute Gasteiger partial charge is 0.393 e. The third-order valence-electron chi connectivity index (χ3n) is 2.32. The molecule has 0 bridgehead atoms. The van der Waals surface area contributed by atoms with E-state index in [2.05, 4.69) is 11.7 Å². The molecule has 2 unspecified atom stereocenters. The number of rotatable bonds is 8. The molecule has 0 rings (SSSR count). The minimum atomic E-state index is -4.28. The Bertz CT molecular complexity index is 171. The Morgan fingerprint density at radius 1 is 1.25 bits per heavy atom. The standard InChI is InChI=1S/C11H21F3O2/c1-3-4-9(2)7-10(15)5-6-16-8-11(12,13)14/h9-10,15H,3-8H2,1-2H3. The number of aliphatic hydroxyl groups excluding tert-OH is 1. The molecule has 0 fully saturated rings. The minimum absolute atomic E-state index is 0.0421. The Morgan fingerprint density at radius 2 is 1.88 bits per heavy atom.